The third-order valence-electron chi connectivity index (χ3n) is 3.81. The van der Waals surface area contributed by atoms with Crippen molar-refractivity contribution in [1.29, 1.82) is 0 Å². The van der Waals surface area contributed by atoms with Crippen LogP contribution in [0.1, 0.15) is 36.0 Å². The van der Waals surface area contributed by atoms with Crippen molar-refractivity contribution in [1.82, 2.24) is 5.32 Å². The molecule has 0 aliphatic heterocycles. The molecule has 1 aliphatic carbocycles. The monoisotopic (exact) mass is 321 g/mol. The summed E-state index contributed by atoms with van der Waals surface area (Å²) >= 11 is 1.20. The van der Waals surface area contributed by atoms with Crippen molar-refractivity contribution in [2.75, 3.05) is 11.5 Å². The van der Waals surface area contributed by atoms with Crippen molar-refractivity contribution in [3.05, 3.63) is 35.9 Å². The van der Waals surface area contributed by atoms with Gasteiger partial charge in [0.2, 0.25) is 5.91 Å². The standard InChI is InChI=1S/C16H19NO4S/c18-13(12-6-2-1-3-7-12)10-22-11-14(19)17-16(15(20)21)8-4-5-9-16/h1-3,6-7H,4-5,8-11H2,(H,17,19)(H,20,21). The highest BCUT2D eigenvalue weighted by atomic mass is 32.2. The third kappa shape index (κ3) is 4.10. The van der Waals surface area contributed by atoms with Gasteiger partial charge in [-0.3, -0.25) is 9.59 Å². The summed E-state index contributed by atoms with van der Waals surface area (Å²) in [5, 5.41) is 11.9. The highest BCUT2D eigenvalue weighted by Gasteiger charge is 2.42. The zero-order valence-corrected chi connectivity index (χ0v) is 13.0. The van der Waals surface area contributed by atoms with Gasteiger partial charge in [-0.05, 0) is 12.8 Å². The molecule has 1 amide bonds. The lowest BCUT2D eigenvalue weighted by molar-refractivity contribution is -0.147. The Labute approximate surface area is 133 Å². The van der Waals surface area contributed by atoms with Crippen LogP contribution in [0, 0.1) is 0 Å². The topological polar surface area (TPSA) is 83.5 Å². The van der Waals surface area contributed by atoms with E-state index in [0.29, 0.717) is 18.4 Å². The number of ketones is 1. The Balaban J connectivity index is 1.78. The zero-order valence-electron chi connectivity index (χ0n) is 12.2. The molecule has 2 N–H and O–H groups in total. The molecular formula is C16H19NO4S. The molecule has 1 aromatic rings. The van der Waals surface area contributed by atoms with Crippen LogP contribution in [0.2, 0.25) is 0 Å². The first-order valence-electron chi connectivity index (χ1n) is 7.24. The highest BCUT2D eigenvalue weighted by molar-refractivity contribution is 8.00. The molecule has 0 radical (unpaired) electrons. The Morgan fingerprint density at radius 2 is 1.73 bits per heavy atom. The molecule has 1 fully saturated rings. The second-order valence-electron chi connectivity index (χ2n) is 5.42. The lowest BCUT2D eigenvalue weighted by Gasteiger charge is -2.25. The third-order valence-corrected chi connectivity index (χ3v) is 4.74. The largest absolute Gasteiger partial charge is 0.480 e. The number of hydrogen-bond donors (Lipinski definition) is 2. The van der Waals surface area contributed by atoms with E-state index in [4.69, 9.17) is 0 Å². The van der Waals surface area contributed by atoms with Gasteiger partial charge < -0.3 is 10.4 Å². The summed E-state index contributed by atoms with van der Waals surface area (Å²) < 4.78 is 0. The summed E-state index contributed by atoms with van der Waals surface area (Å²) in [6.07, 6.45) is 2.57. The number of thioether (sulfide) groups is 1. The fourth-order valence-electron chi connectivity index (χ4n) is 2.62. The molecule has 0 atom stereocenters. The number of carbonyl (C=O) groups excluding carboxylic acids is 2. The van der Waals surface area contributed by atoms with Gasteiger partial charge in [0, 0.05) is 5.56 Å². The Kier molecular flexibility index (Phi) is 5.60. The van der Waals surface area contributed by atoms with Gasteiger partial charge in [0.05, 0.1) is 11.5 Å². The number of amides is 1. The number of Topliss-reactive ketones (excluding diaryl/α,β-unsaturated/α-hetero) is 1. The summed E-state index contributed by atoms with van der Waals surface area (Å²) in [7, 11) is 0. The Bertz CT molecular complexity index is 553. The molecular weight excluding hydrogens is 302 g/mol. The molecule has 0 bridgehead atoms. The molecule has 2 rings (SSSR count). The highest BCUT2D eigenvalue weighted by Crippen LogP contribution is 2.30. The number of carbonyl (C=O) groups is 3. The maximum Gasteiger partial charge on any atom is 0.329 e. The van der Waals surface area contributed by atoms with Crippen LogP contribution in [-0.4, -0.2) is 39.8 Å². The van der Waals surface area contributed by atoms with Gasteiger partial charge in [-0.1, -0.05) is 43.2 Å². The smallest absolute Gasteiger partial charge is 0.329 e. The number of carboxylic acids is 1. The minimum atomic E-state index is -1.11. The van der Waals surface area contributed by atoms with E-state index < -0.39 is 11.5 Å². The first-order valence-corrected chi connectivity index (χ1v) is 8.39. The van der Waals surface area contributed by atoms with E-state index in [2.05, 4.69) is 5.32 Å². The molecule has 1 aromatic carbocycles. The first kappa shape index (κ1) is 16.5. The average molecular weight is 321 g/mol. The van der Waals surface area contributed by atoms with Crippen LogP contribution in [0.4, 0.5) is 0 Å². The molecule has 0 aromatic heterocycles. The molecule has 118 valence electrons. The van der Waals surface area contributed by atoms with Crippen LogP contribution >= 0.6 is 11.8 Å². The molecule has 22 heavy (non-hydrogen) atoms. The molecule has 1 aliphatic rings. The predicted octanol–water partition coefficient (Wildman–Crippen LogP) is 2.12. The van der Waals surface area contributed by atoms with Crippen LogP contribution < -0.4 is 5.32 Å². The number of hydrogen-bond acceptors (Lipinski definition) is 4. The fourth-order valence-corrected chi connectivity index (χ4v) is 3.33. The number of carboxylic acid groups (broad SMARTS) is 1. The van der Waals surface area contributed by atoms with Crippen molar-refractivity contribution in [2.24, 2.45) is 0 Å². The van der Waals surface area contributed by atoms with Gasteiger partial charge in [0.25, 0.3) is 0 Å². The minimum absolute atomic E-state index is 0.0350. The van der Waals surface area contributed by atoms with Crippen molar-refractivity contribution in [2.45, 2.75) is 31.2 Å². The number of rotatable bonds is 7. The molecule has 0 unspecified atom stereocenters. The van der Waals surface area contributed by atoms with Crippen molar-refractivity contribution >= 4 is 29.4 Å². The van der Waals surface area contributed by atoms with Crippen LogP contribution in [-0.2, 0) is 9.59 Å². The van der Waals surface area contributed by atoms with Crippen LogP contribution in [0.15, 0.2) is 30.3 Å². The van der Waals surface area contributed by atoms with E-state index in [-0.39, 0.29) is 23.2 Å². The van der Waals surface area contributed by atoms with E-state index in [9.17, 15) is 19.5 Å². The lowest BCUT2D eigenvalue weighted by Crippen LogP contribution is -2.53. The van der Waals surface area contributed by atoms with E-state index in [1.807, 2.05) is 6.07 Å². The molecule has 6 heteroatoms. The average Bonchev–Trinajstić information content (AvgIpc) is 2.98. The number of benzene rings is 1. The van der Waals surface area contributed by atoms with Gasteiger partial charge in [0.15, 0.2) is 5.78 Å². The molecule has 1 saturated carbocycles. The number of aliphatic carboxylic acids is 1. The second kappa shape index (κ2) is 7.45. The normalized spacial score (nSPS) is 16.2. The van der Waals surface area contributed by atoms with Crippen LogP contribution in [0.3, 0.4) is 0 Å². The Morgan fingerprint density at radius 3 is 2.32 bits per heavy atom. The van der Waals surface area contributed by atoms with Gasteiger partial charge in [0.1, 0.15) is 5.54 Å². The van der Waals surface area contributed by atoms with Gasteiger partial charge in [-0.25, -0.2) is 4.79 Å². The van der Waals surface area contributed by atoms with Gasteiger partial charge in [-0.15, -0.1) is 11.8 Å². The van der Waals surface area contributed by atoms with Crippen molar-refractivity contribution < 1.29 is 19.5 Å². The summed E-state index contributed by atoms with van der Waals surface area (Å²) in [6.45, 7) is 0. The van der Waals surface area contributed by atoms with E-state index in [1.165, 1.54) is 11.8 Å². The summed E-state index contributed by atoms with van der Waals surface area (Å²) in [5.41, 5.74) is -0.491. The maximum absolute atomic E-state index is 11.9. The first-order chi connectivity index (χ1) is 10.5. The van der Waals surface area contributed by atoms with E-state index >= 15 is 0 Å². The van der Waals surface area contributed by atoms with E-state index in [1.54, 1.807) is 24.3 Å². The fraction of sp³-hybridized carbons (Fsp3) is 0.438. The molecule has 0 spiro atoms. The molecule has 5 nitrogen and oxygen atoms in total. The zero-order chi connectivity index (χ0) is 16.0. The second-order valence-corrected chi connectivity index (χ2v) is 6.41. The number of nitrogens with one attached hydrogen (secondary N) is 1. The Hall–Kier alpha value is -1.82. The van der Waals surface area contributed by atoms with E-state index in [0.717, 1.165) is 12.8 Å². The molecule has 0 saturated heterocycles. The molecule has 0 heterocycles. The minimum Gasteiger partial charge on any atom is -0.480 e. The van der Waals surface area contributed by atoms with Gasteiger partial charge >= 0.3 is 5.97 Å². The Morgan fingerprint density at radius 1 is 1.09 bits per heavy atom. The maximum atomic E-state index is 11.9. The summed E-state index contributed by atoms with van der Waals surface area (Å²) in [5.74, 6) is -1.03. The lowest BCUT2D eigenvalue weighted by atomic mass is 9.98. The summed E-state index contributed by atoms with van der Waals surface area (Å²) in [4.78, 5) is 35.2. The summed E-state index contributed by atoms with van der Waals surface area (Å²) in [6, 6.07) is 8.90. The van der Waals surface area contributed by atoms with Crippen LogP contribution in [0.25, 0.3) is 0 Å². The quantitative estimate of drug-likeness (QED) is 0.752. The van der Waals surface area contributed by atoms with Crippen molar-refractivity contribution in [3.8, 4) is 0 Å². The van der Waals surface area contributed by atoms with Crippen molar-refractivity contribution in [3.63, 3.8) is 0 Å². The SMILES string of the molecule is O=C(CSCC(=O)c1ccccc1)NC1(C(=O)O)CCCC1. The van der Waals surface area contributed by atoms with Crippen LogP contribution in [0.5, 0.6) is 0 Å². The predicted molar refractivity (Wildman–Crippen MR) is 85.1 cm³/mol. The van der Waals surface area contributed by atoms with Gasteiger partial charge in [-0.2, -0.15) is 0 Å².